The molecule has 26 heavy (non-hydrogen) atoms. The lowest BCUT2D eigenvalue weighted by Gasteiger charge is -2.13. The first-order chi connectivity index (χ1) is 12.6. The summed E-state index contributed by atoms with van der Waals surface area (Å²) in [5, 5.41) is 5.74. The Morgan fingerprint density at radius 1 is 1.12 bits per heavy atom. The second-order valence-corrected chi connectivity index (χ2v) is 6.59. The van der Waals surface area contributed by atoms with E-state index in [9.17, 15) is 9.59 Å². The van der Waals surface area contributed by atoms with Gasteiger partial charge < -0.3 is 15.4 Å². The van der Waals surface area contributed by atoms with Crippen LogP contribution >= 0.6 is 0 Å². The highest BCUT2D eigenvalue weighted by molar-refractivity contribution is 6.10. The molecule has 1 unspecified atom stereocenters. The summed E-state index contributed by atoms with van der Waals surface area (Å²) in [6, 6.07) is 14.7. The summed E-state index contributed by atoms with van der Waals surface area (Å²) in [4.78, 5) is 24.9. The molecular weight excluding hydrogens is 328 g/mol. The number of carbonyl (C=O) groups excluding carboxylic acids is 2. The van der Waals surface area contributed by atoms with Crippen LogP contribution in [-0.2, 0) is 9.53 Å². The molecule has 0 saturated carbocycles. The molecule has 0 radical (unpaired) electrons. The van der Waals surface area contributed by atoms with Crippen molar-refractivity contribution in [3.63, 3.8) is 0 Å². The quantitative estimate of drug-likeness (QED) is 0.821. The number of hydrogen-bond donors (Lipinski definition) is 2. The predicted molar refractivity (Wildman–Crippen MR) is 102 cm³/mol. The Morgan fingerprint density at radius 3 is 2.73 bits per heavy atom. The molecule has 5 nitrogen and oxygen atoms in total. The van der Waals surface area contributed by atoms with Crippen LogP contribution in [0.2, 0.25) is 0 Å². The fourth-order valence-electron chi connectivity index (χ4n) is 3.09. The van der Waals surface area contributed by atoms with Crippen LogP contribution in [0.5, 0.6) is 0 Å². The van der Waals surface area contributed by atoms with Crippen LogP contribution in [0.25, 0.3) is 0 Å². The number of para-hydroxylation sites is 1. The Labute approximate surface area is 153 Å². The summed E-state index contributed by atoms with van der Waals surface area (Å²) < 4.78 is 5.55. The number of amides is 2. The van der Waals surface area contributed by atoms with Gasteiger partial charge in [-0.2, -0.15) is 0 Å². The topological polar surface area (TPSA) is 67.4 Å². The van der Waals surface area contributed by atoms with Crippen molar-refractivity contribution in [3.05, 3.63) is 59.7 Å². The highest BCUT2D eigenvalue weighted by Crippen LogP contribution is 2.20. The molecule has 1 fully saturated rings. The molecule has 0 aliphatic carbocycles. The molecule has 3 rings (SSSR count). The van der Waals surface area contributed by atoms with Crippen LogP contribution in [0.4, 0.5) is 11.4 Å². The zero-order valence-corrected chi connectivity index (χ0v) is 15.0. The van der Waals surface area contributed by atoms with Crippen molar-refractivity contribution in [2.75, 3.05) is 17.2 Å². The fourth-order valence-corrected chi connectivity index (χ4v) is 3.09. The summed E-state index contributed by atoms with van der Waals surface area (Å²) in [5.74, 6) is -0.345. The van der Waals surface area contributed by atoms with Gasteiger partial charge in [0.2, 0.25) is 5.91 Å². The van der Waals surface area contributed by atoms with Gasteiger partial charge in [-0.25, -0.2) is 0 Å². The van der Waals surface area contributed by atoms with Gasteiger partial charge in [0.25, 0.3) is 5.91 Å². The number of hydrogen-bond acceptors (Lipinski definition) is 3. The normalized spacial score (nSPS) is 16.3. The Kier molecular flexibility index (Phi) is 6.02. The van der Waals surface area contributed by atoms with Crippen LogP contribution in [0, 0.1) is 6.92 Å². The first-order valence-corrected chi connectivity index (χ1v) is 9.00. The molecule has 1 aliphatic rings. The number of nitrogens with one attached hydrogen (secondary N) is 2. The molecule has 1 atom stereocenters. The van der Waals surface area contributed by atoms with Gasteiger partial charge in [-0.05, 0) is 56.0 Å². The van der Waals surface area contributed by atoms with Gasteiger partial charge in [-0.3, -0.25) is 9.59 Å². The van der Waals surface area contributed by atoms with E-state index in [-0.39, 0.29) is 17.9 Å². The highest BCUT2D eigenvalue weighted by atomic mass is 16.5. The van der Waals surface area contributed by atoms with Crippen molar-refractivity contribution >= 4 is 23.2 Å². The van der Waals surface area contributed by atoms with Crippen molar-refractivity contribution < 1.29 is 14.3 Å². The Bertz CT molecular complexity index is 782. The molecule has 1 heterocycles. The van der Waals surface area contributed by atoms with Crippen LogP contribution in [-0.4, -0.2) is 24.5 Å². The van der Waals surface area contributed by atoms with E-state index in [1.54, 1.807) is 24.3 Å². The summed E-state index contributed by atoms with van der Waals surface area (Å²) in [7, 11) is 0. The minimum Gasteiger partial charge on any atom is -0.378 e. The maximum Gasteiger partial charge on any atom is 0.257 e. The van der Waals surface area contributed by atoms with Crippen molar-refractivity contribution in [2.24, 2.45) is 0 Å². The first-order valence-electron chi connectivity index (χ1n) is 9.00. The zero-order chi connectivity index (χ0) is 18.4. The molecule has 2 N–H and O–H groups in total. The summed E-state index contributed by atoms with van der Waals surface area (Å²) >= 11 is 0. The molecule has 2 aromatic carbocycles. The van der Waals surface area contributed by atoms with E-state index in [0.29, 0.717) is 24.1 Å². The maximum atomic E-state index is 12.6. The van der Waals surface area contributed by atoms with Crippen molar-refractivity contribution in [1.29, 1.82) is 0 Å². The predicted octanol–water partition coefficient (Wildman–Crippen LogP) is 4.15. The van der Waals surface area contributed by atoms with Gasteiger partial charge in [-0.1, -0.05) is 24.3 Å². The van der Waals surface area contributed by atoms with E-state index in [1.807, 2.05) is 31.2 Å². The van der Waals surface area contributed by atoms with Gasteiger partial charge in [0, 0.05) is 18.7 Å². The average molecular weight is 352 g/mol. The van der Waals surface area contributed by atoms with E-state index in [2.05, 4.69) is 10.6 Å². The molecular formula is C21H24N2O3. The Hall–Kier alpha value is -2.66. The van der Waals surface area contributed by atoms with Gasteiger partial charge in [0.05, 0.1) is 17.4 Å². The second kappa shape index (κ2) is 8.63. The summed E-state index contributed by atoms with van der Waals surface area (Å²) in [6.45, 7) is 2.76. The van der Waals surface area contributed by atoms with Gasteiger partial charge >= 0.3 is 0 Å². The number of carbonyl (C=O) groups is 2. The van der Waals surface area contributed by atoms with E-state index in [4.69, 9.17) is 4.74 Å². The SMILES string of the molecule is Cc1cccc(NC(=O)c2ccccc2NC(=O)CCC2CCCO2)c1. The standard InChI is InChI=1S/C21H24N2O3/c1-15-6-4-7-16(14-15)22-21(25)18-9-2-3-10-19(18)23-20(24)12-11-17-8-5-13-26-17/h2-4,6-7,9-10,14,17H,5,8,11-13H2,1H3,(H,22,25)(H,23,24). The molecule has 2 aromatic rings. The smallest absolute Gasteiger partial charge is 0.257 e. The van der Waals surface area contributed by atoms with Gasteiger partial charge in [-0.15, -0.1) is 0 Å². The van der Waals surface area contributed by atoms with Crippen molar-refractivity contribution in [2.45, 2.75) is 38.7 Å². The average Bonchev–Trinajstić information content (AvgIpc) is 3.14. The fraction of sp³-hybridized carbons (Fsp3) is 0.333. The third-order valence-electron chi connectivity index (χ3n) is 4.44. The summed E-state index contributed by atoms with van der Waals surface area (Å²) in [6.07, 6.45) is 3.36. The Morgan fingerprint density at radius 2 is 1.96 bits per heavy atom. The minimum absolute atomic E-state index is 0.101. The van der Waals surface area contributed by atoms with Gasteiger partial charge in [0.1, 0.15) is 0 Å². The minimum atomic E-state index is -0.245. The molecule has 2 amide bonds. The lowest BCUT2D eigenvalue weighted by Crippen LogP contribution is -2.19. The lowest BCUT2D eigenvalue weighted by molar-refractivity contribution is -0.116. The van der Waals surface area contributed by atoms with Gasteiger partial charge in [0.15, 0.2) is 0 Å². The number of rotatable bonds is 6. The van der Waals surface area contributed by atoms with E-state index >= 15 is 0 Å². The van der Waals surface area contributed by atoms with E-state index in [1.165, 1.54) is 0 Å². The number of ether oxygens (including phenoxy) is 1. The van der Waals surface area contributed by atoms with Crippen LogP contribution in [0.1, 0.15) is 41.6 Å². The molecule has 0 spiro atoms. The number of anilines is 2. The second-order valence-electron chi connectivity index (χ2n) is 6.59. The number of benzene rings is 2. The summed E-state index contributed by atoms with van der Waals surface area (Å²) in [5.41, 5.74) is 2.77. The lowest BCUT2D eigenvalue weighted by atomic mass is 10.1. The van der Waals surface area contributed by atoms with Crippen LogP contribution in [0.3, 0.4) is 0 Å². The molecule has 0 bridgehead atoms. The zero-order valence-electron chi connectivity index (χ0n) is 15.0. The van der Waals surface area contributed by atoms with Crippen LogP contribution in [0.15, 0.2) is 48.5 Å². The largest absolute Gasteiger partial charge is 0.378 e. The van der Waals surface area contributed by atoms with Crippen molar-refractivity contribution in [3.8, 4) is 0 Å². The van der Waals surface area contributed by atoms with Crippen LogP contribution < -0.4 is 10.6 Å². The highest BCUT2D eigenvalue weighted by Gasteiger charge is 2.18. The third kappa shape index (κ3) is 4.92. The monoisotopic (exact) mass is 352 g/mol. The molecule has 136 valence electrons. The van der Waals surface area contributed by atoms with E-state index < -0.39 is 0 Å². The first kappa shape index (κ1) is 18.1. The van der Waals surface area contributed by atoms with Crippen molar-refractivity contribution in [1.82, 2.24) is 0 Å². The number of aryl methyl sites for hydroxylation is 1. The maximum absolute atomic E-state index is 12.6. The third-order valence-corrected chi connectivity index (χ3v) is 4.44. The molecule has 5 heteroatoms. The molecule has 1 saturated heterocycles. The molecule has 0 aromatic heterocycles. The Balaban J connectivity index is 1.63. The molecule has 1 aliphatic heterocycles. The van der Waals surface area contributed by atoms with E-state index in [0.717, 1.165) is 30.7 Å².